The Morgan fingerprint density at radius 1 is 1.28 bits per heavy atom. The number of amides is 1. The molecule has 2 N–H and O–H groups in total. The molecule has 0 aliphatic carbocycles. The lowest BCUT2D eigenvalue weighted by atomic mass is 9.73. The maximum absolute atomic E-state index is 11.6. The predicted molar refractivity (Wildman–Crippen MR) is 111 cm³/mol. The Morgan fingerprint density at radius 3 is 2.69 bits per heavy atom. The molecule has 3 aliphatic heterocycles. The second-order valence-corrected chi connectivity index (χ2v) is 9.74. The maximum atomic E-state index is 11.6. The van der Waals surface area contributed by atoms with E-state index in [1.54, 1.807) is 11.3 Å². The van der Waals surface area contributed by atoms with Gasteiger partial charge >= 0.3 is 0 Å². The van der Waals surface area contributed by atoms with Gasteiger partial charge in [0.15, 0.2) is 5.13 Å². The molecule has 1 aromatic rings. The van der Waals surface area contributed by atoms with Gasteiger partial charge in [-0.1, -0.05) is 0 Å². The number of ether oxygens (including phenoxy) is 2. The summed E-state index contributed by atoms with van der Waals surface area (Å²) in [5.74, 6) is -0.109. The lowest BCUT2D eigenvalue weighted by molar-refractivity contribution is -0.208. The highest BCUT2D eigenvalue weighted by Crippen LogP contribution is 2.40. The molecule has 2 atom stereocenters. The molecule has 0 aromatic carbocycles. The molecule has 1 aromatic heterocycles. The van der Waals surface area contributed by atoms with Crippen LogP contribution in [0.4, 0.5) is 5.13 Å². The van der Waals surface area contributed by atoms with Gasteiger partial charge in [-0.3, -0.25) is 9.69 Å². The van der Waals surface area contributed by atoms with Gasteiger partial charge in [-0.2, -0.15) is 0 Å². The number of anilines is 1. The molecule has 162 valence electrons. The fourth-order valence-corrected chi connectivity index (χ4v) is 5.80. The topological polar surface area (TPSA) is 87.2 Å². The number of nitrogens with one attached hydrogen (secondary N) is 1. The Bertz CT molecular complexity index is 715. The summed E-state index contributed by atoms with van der Waals surface area (Å²) in [4.78, 5) is 22.2. The third-order valence-corrected chi connectivity index (χ3v) is 7.52. The summed E-state index contributed by atoms with van der Waals surface area (Å²) >= 11 is 1.76. The van der Waals surface area contributed by atoms with Crippen molar-refractivity contribution >= 4 is 22.4 Å². The van der Waals surface area contributed by atoms with Crippen LogP contribution < -0.4 is 10.2 Å². The van der Waals surface area contributed by atoms with E-state index in [9.17, 15) is 9.90 Å². The SMILES string of the molecule is CC(=O)N[C@]1(C)CCOC2(CCN(Cc3cnc(N4CCOCC4)s3)CC2)[C@H]1O. The van der Waals surface area contributed by atoms with Gasteiger partial charge in [0.25, 0.3) is 0 Å². The molecule has 8 nitrogen and oxygen atoms in total. The first-order valence-electron chi connectivity index (χ1n) is 10.5. The lowest BCUT2D eigenvalue weighted by Gasteiger charge is -2.53. The second-order valence-electron chi connectivity index (χ2n) is 8.65. The number of hydrogen-bond donors (Lipinski definition) is 2. The van der Waals surface area contributed by atoms with Crippen molar-refractivity contribution in [2.75, 3.05) is 50.9 Å². The van der Waals surface area contributed by atoms with Gasteiger partial charge < -0.3 is 24.8 Å². The summed E-state index contributed by atoms with van der Waals surface area (Å²) in [5, 5.41) is 15.1. The number of rotatable bonds is 4. The summed E-state index contributed by atoms with van der Waals surface area (Å²) in [7, 11) is 0. The van der Waals surface area contributed by atoms with Crippen LogP contribution in [0.3, 0.4) is 0 Å². The minimum absolute atomic E-state index is 0.109. The minimum Gasteiger partial charge on any atom is -0.388 e. The number of aliphatic hydroxyl groups excluding tert-OH is 1. The first-order chi connectivity index (χ1) is 13.9. The Morgan fingerprint density at radius 2 is 2.00 bits per heavy atom. The van der Waals surface area contributed by atoms with E-state index >= 15 is 0 Å². The van der Waals surface area contributed by atoms with Crippen molar-refractivity contribution in [2.45, 2.75) is 56.9 Å². The van der Waals surface area contributed by atoms with Crippen LogP contribution in [0.2, 0.25) is 0 Å². The number of carbonyl (C=O) groups is 1. The number of aliphatic hydroxyl groups is 1. The van der Waals surface area contributed by atoms with Gasteiger partial charge in [0.2, 0.25) is 5.91 Å². The molecule has 4 heterocycles. The van der Waals surface area contributed by atoms with Crippen molar-refractivity contribution in [1.82, 2.24) is 15.2 Å². The number of thiazole rings is 1. The first-order valence-corrected chi connectivity index (χ1v) is 11.3. The molecule has 3 saturated heterocycles. The van der Waals surface area contributed by atoms with E-state index in [-0.39, 0.29) is 5.91 Å². The number of carbonyl (C=O) groups excluding carboxylic acids is 1. The number of morpholine rings is 1. The summed E-state index contributed by atoms with van der Waals surface area (Å²) in [6.45, 7) is 9.93. The molecule has 0 bridgehead atoms. The summed E-state index contributed by atoms with van der Waals surface area (Å²) < 4.78 is 11.5. The number of hydrogen-bond acceptors (Lipinski definition) is 8. The number of likely N-dealkylation sites (tertiary alicyclic amines) is 1. The van der Waals surface area contributed by atoms with Gasteiger partial charge in [0.1, 0.15) is 6.10 Å². The standard InChI is InChI=1S/C20H32N4O4S/c1-15(25)22-19(2)5-10-28-20(17(19)26)3-6-23(7-4-20)14-16-13-21-18(29-16)24-8-11-27-12-9-24/h13,17,26H,3-12,14H2,1-2H3,(H,22,25)/t17-,19+/m0/s1. The van der Waals surface area contributed by atoms with Crippen LogP contribution in [0.25, 0.3) is 0 Å². The zero-order valence-electron chi connectivity index (χ0n) is 17.4. The van der Waals surface area contributed by atoms with Gasteiger partial charge in [0, 0.05) is 57.3 Å². The van der Waals surface area contributed by atoms with Crippen molar-refractivity contribution in [3.8, 4) is 0 Å². The zero-order valence-corrected chi connectivity index (χ0v) is 18.2. The van der Waals surface area contributed by atoms with Crippen molar-refractivity contribution < 1.29 is 19.4 Å². The molecule has 0 saturated carbocycles. The molecule has 3 aliphatic rings. The lowest BCUT2D eigenvalue weighted by Crippen LogP contribution is -2.69. The van der Waals surface area contributed by atoms with E-state index in [2.05, 4.69) is 20.1 Å². The van der Waals surface area contributed by atoms with E-state index in [0.29, 0.717) is 13.0 Å². The number of aromatic nitrogens is 1. The van der Waals surface area contributed by atoms with Crippen molar-refractivity contribution in [3.05, 3.63) is 11.1 Å². The summed E-state index contributed by atoms with van der Waals surface area (Å²) in [5.41, 5.74) is -1.20. The second kappa shape index (κ2) is 8.47. The zero-order chi connectivity index (χ0) is 20.5. The van der Waals surface area contributed by atoms with E-state index in [0.717, 1.165) is 63.9 Å². The smallest absolute Gasteiger partial charge is 0.217 e. The fraction of sp³-hybridized carbons (Fsp3) is 0.800. The van der Waals surface area contributed by atoms with Crippen LogP contribution in [0, 0.1) is 0 Å². The summed E-state index contributed by atoms with van der Waals surface area (Å²) in [6, 6.07) is 0. The van der Waals surface area contributed by atoms with Crippen molar-refractivity contribution in [3.63, 3.8) is 0 Å². The third-order valence-electron chi connectivity index (χ3n) is 6.48. The highest BCUT2D eigenvalue weighted by Gasteiger charge is 2.53. The Hall–Kier alpha value is -1.26. The van der Waals surface area contributed by atoms with Crippen LogP contribution in [0.1, 0.15) is 38.0 Å². The largest absolute Gasteiger partial charge is 0.388 e. The Kier molecular flexibility index (Phi) is 6.13. The van der Waals surface area contributed by atoms with Gasteiger partial charge in [-0.15, -0.1) is 11.3 Å². The molecule has 9 heteroatoms. The molecule has 29 heavy (non-hydrogen) atoms. The first kappa shape index (κ1) is 21.0. The van der Waals surface area contributed by atoms with Crippen LogP contribution in [-0.2, 0) is 20.8 Å². The molecule has 3 fully saturated rings. The number of nitrogens with zero attached hydrogens (tertiary/aromatic N) is 3. The van der Waals surface area contributed by atoms with Crippen molar-refractivity contribution in [1.29, 1.82) is 0 Å². The molecule has 1 amide bonds. The fourth-order valence-electron chi connectivity index (χ4n) is 4.79. The van der Waals surface area contributed by atoms with Gasteiger partial charge in [0.05, 0.1) is 24.4 Å². The normalized spacial score (nSPS) is 30.4. The maximum Gasteiger partial charge on any atom is 0.217 e. The van der Waals surface area contributed by atoms with E-state index in [1.807, 2.05) is 13.1 Å². The molecule has 1 spiro atoms. The van der Waals surface area contributed by atoms with E-state index in [1.165, 1.54) is 11.8 Å². The highest BCUT2D eigenvalue weighted by molar-refractivity contribution is 7.15. The predicted octanol–water partition coefficient (Wildman–Crippen LogP) is 0.990. The monoisotopic (exact) mass is 424 g/mol. The molecule has 0 unspecified atom stereocenters. The van der Waals surface area contributed by atoms with Crippen LogP contribution in [0.5, 0.6) is 0 Å². The van der Waals surface area contributed by atoms with Crippen LogP contribution in [0.15, 0.2) is 6.20 Å². The van der Waals surface area contributed by atoms with Crippen LogP contribution >= 0.6 is 11.3 Å². The molecule has 0 radical (unpaired) electrons. The Labute approximate surface area is 176 Å². The molecular weight excluding hydrogens is 392 g/mol. The number of piperidine rings is 1. The molecule has 4 rings (SSSR count). The van der Waals surface area contributed by atoms with Gasteiger partial charge in [-0.25, -0.2) is 4.98 Å². The minimum atomic E-state index is -0.703. The van der Waals surface area contributed by atoms with Crippen LogP contribution in [-0.4, -0.2) is 84.1 Å². The third kappa shape index (κ3) is 4.44. The summed E-state index contributed by atoms with van der Waals surface area (Å²) in [6.07, 6.45) is 3.44. The average molecular weight is 425 g/mol. The quantitative estimate of drug-likeness (QED) is 0.745. The highest BCUT2D eigenvalue weighted by atomic mass is 32.1. The Balaban J connectivity index is 1.34. The van der Waals surface area contributed by atoms with Gasteiger partial charge in [-0.05, 0) is 26.2 Å². The van der Waals surface area contributed by atoms with E-state index in [4.69, 9.17) is 9.47 Å². The van der Waals surface area contributed by atoms with Crippen molar-refractivity contribution in [2.24, 2.45) is 0 Å². The molecular formula is C20H32N4O4S. The van der Waals surface area contributed by atoms with E-state index < -0.39 is 17.2 Å². The average Bonchev–Trinajstić information content (AvgIpc) is 3.17.